The van der Waals surface area contributed by atoms with E-state index < -0.39 is 11.7 Å². The summed E-state index contributed by atoms with van der Waals surface area (Å²) in [5.41, 5.74) is 1.17. The van der Waals surface area contributed by atoms with Crippen molar-refractivity contribution in [2.75, 3.05) is 27.3 Å². The second-order valence-electron chi connectivity index (χ2n) is 8.84. The maximum atomic E-state index is 13.3. The van der Waals surface area contributed by atoms with E-state index in [1.165, 1.54) is 12.1 Å². The summed E-state index contributed by atoms with van der Waals surface area (Å²) in [7, 11) is 3.12. The lowest BCUT2D eigenvalue weighted by molar-refractivity contribution is -0.137. The molecule has 3 heterocycles. The van der Waals surface area contributed by atoms with Gasteiger partial charge in [0.15, 0.2) is 0 Å². The summed E-state index contributed by atoms with van der Waals surface area (Å²) in [5, 5.41) is 15.2. The monoisotopic (exact) mass is 527 g/mol. The highest BCUT2D eigenvalue weighted by Crippen LogP contribution is 2.34. The minimum absolute atomic E-state index is 0.127. The van der Waals surface area contributed by atoms with Crippen LogP contribution < -0.4 is 9.47 Å². The number of benzene rings is 2. The number of hydrogen-bond acceptors (Lipinski definition) is 7. The van der Waals surface area contributed by atoms with E-state index in [0.29, 0.717) is 53.0 Å². The molecule has 1 atom stereocenters. The molecule has 0 bridgehead atoms. The SMILES string of the molecule is COc1ccc(OC)c(-c2cc(C(=O)N3CCCC(c4nnc(-c5ccc(C(F)(F)F)cc5)o4)C3)[nH]n2)c1. The molecule has 1 fully saturated rings. The van der Waals surface area contributed by atoms with Gasteiger partial charge in [-0.3, -0.25) is 9.89 Å². The normalized spacial score (nSPS) is 15.9. The van der Waals surface area contributed by atoms with Gasteiger partial charge in [0, 0.05) is 24.2 Å². The molecule has 1 aliphatic heterocycles. The molecule has 12 heteroatoms. The van der Waals surface area contributed by atoms with E-state index in [-0.39, 0.29) is 17.7 Å². The molecule has 38 heavy (non-hydrogen) atoms. The zero-order valence-corrected chi connectivity index (χ0v) is 20.6. The largest absolute Gasteiger partial charge is 0.497 e. The van der Waals surface area contributed by atoms with Gasteiger partial charge in [-0.25, -0.2) is 0 Å². The first kappa shape index (κ1) is 25.3. The second kappa shape index (κ2) is 10.2. The maximum Gasteiger partial charge on any atom is 0.416 e. The number of nitrogens with zero attached hydrogens (tertiary/aromatic N) is 4. The Bertz CT molecular complexity index is 1430. The number of H-pyrrole nitrogens is 1. The average Bonchev–Trinajstić information content (AvgIpc) is 3.63. The van der Waals surface area contributed by atoms with E-state index in [1.54, 1.807) is 43.4 Å². The number of ether oxygens (including phenoxy) is 2. The van der Waals surface area contributed by atoms with Gasteiger partial charge < -0.3 is 18.8 Å². The minimum Gasteiger partial charge on any atom is -0.497 e. The highest BCUT2D eigenvalue weighted by atomic mass is 19.4. The molecule has 0 radical (unpaired) electrons. The molecule has 0 saturated carbocycles. The zero-order chi connectivity index (χ0) is 26.9. The molecule has 2 aromatic heterocycles. The van der Waals surface area contributed by atoms with Crippen LogP contribution in [-0.2, 0) is 6.18 Å². The molecular formula is C26H24F3N5O4. The second-order valence-corrected chi connectivity index (χ2v) is 8.84. The number of likely N-dealkylation sites (tertiary alicyclic amines) is 1. The van der Waals surface area contributed by atoms with E-state index in [1.807, 2.05) is 0 Å². The smallest absolute Gasteiger partial charge is 0.416 e. The summed E-state index contributed by atoms with van der Waals surface area (Å²) in [5.74, 6) is 1.26. The first-order chi connectivity index (χ1) is 18.3. The lowest BCUT2D eigenvalue weighted by Gasteiger charge is -2.30. The number of piperidine rings is 1. The van der Waals surface area contributed by atoms with Crippen molar-refractivity contribution >= 4 is 5.91 Å². The molecule has 1 amide bonds. The fourth-order valence-corrected chi connectivity index (χ4v) is 4.44. The van der Waals surface area contributed by atoms with Crippen molar-refractivity contribution in [2.45, 2.75) is 24.9 Å². The first-order valence-corrected chi connectivity index (χ1v) is 11.8. The Hall–Kier alpha value is -4.35. The van der Waals surface area contributed by atoms with Gasteiger partial charge in [0.05, 0.1) is 31.4 Å². The van der Waals surface area contributed by atoms with Crippen LogP contribution in [0.25, 0.3) is 22.7 Å². The van der Waals surface area contributed by atoms with Gasteiger partial charge in [0.25, 0.3) is 5.91 Å². The van der Waals surface area contributed by atoms with Crippen molar-refractivity contribution in [2.24, 2.45) is 0 Å². The van der Waals surface area contributed by atoms with Gasteiger partial charge in [-0.15, -0.1) is 10.2 Å². The third-order valence-electron chi connectivity index (χ3n) is 6.45. The van der Waals surface area contributed by atoms with Crippen LogP contribution in [0.15, 0.2) is 52.9 Å². The standard InChI is InChI=1S/C26H24F3N5O4/c1-36-18-9-10-22(37-2)19(12-18)20-13-21(31-30-20)25(35)34-11-3-4-16(14-34)24-33-32-23(38-24)15-5-7-17(8-6-15)26(27,28)29/h5-10,12-13,16H,3-4,11,14H2,1-2H3,(H,30,31). The maximum absolute atomic E-state index is 13.3. The molecule has 1 unspecified atom stereocenters. The predicted octanol–water partition coefficient (Wildman–Crippen LogP) is 5.18. The van der Waals surface area contributed by atoms with Gasteiger partial charge in [0.2, 0.25) is 11.8 Å². The molecule has 0 aliphatic carbocycles. The van der Waals surface area contributed by atoms with E-state index in [0.717, 1.165) is 25.0 Å². The average molecular weight is 528 g/mol. The Kier molecular flexibility index (Phi) is 6.79. The van der Waals surface area contributed by atoms with Crippen LogP contribution in [0.4, 0.5) is 13.2 Å². The summed E-state index contributed by atoms with van der Waals surface area (Å²) in [6.07, 6.45) is -2.97. The van der Waals surface area contributed by atoms with Crippen molar-refractivity contribution in [3.8, 4) is 34.2 Å². The van der Waals surface area contributed by atoms with E-state index >= 15 is 0 Å². The molecule has 1 saturated heterocycles. The number of nitrogens with one attached hydrogen (secondary N) is 1. The lowest BCUT2D eigenvalue weighted by Crippen LogP contribution is -2.39. The number of hydrogen-bond donors (Lipinski definition) is 1. The van der Waals surface area contributed by atoms with Crippen molar-refractivity contribution in [3.63, 3.8) is 0 Å². The highest BCUT2D eigenvalue weighted by molar-refractivity contribution is 5.93. The number of carbonyl (C=O) groups excluding carboxylic acids is 1. The van der Waals surface area contributed by atoms with Crippen LogP contribution in [0, 0.1) is 0 Å². The predicted molar refractivity (Wildman–Crippen MR) is 130 cm³/mol. The number of halogens is 3. The van der Waals surface area contributed by atoms with Gasteiger partial charge >= 0.3 is 6.18 Å². The number of rotatable bonds is 6. The third kappa shape index (κ3) is 5.06. The molecule has 1 aliphatic rings. The summed E-state index contributed by atoms with van der Waals surface area (Å²) in [6.45, 7) is 0.899. The van der Waals surface area contributed by atoms with E-state index in [4.69, 9.17) is 13.9 Å². The molecule has 1 N–H and O–H groups in total. The number of carbonyl (C=O) groups is 1. The van der Waals surface area contributed by atoms with Crippen LogP contribution in [0.2, 0.25) is 0 Å². The van der Waals surface area contributed by atoms with Crippen molar-refractivity contribution in [1.29, 1.82) is 0 Å². The van der Waals surface area contributed by atoms with Crippen LogP contribution in [0.5, 0.6) is 11.5 Å². The molecule has 2 aromatic carbocycles. The van der Waals surface area contributed by atoms with E-state index in [9.17, 15) is 18.0 Å². The molecule has 4 aromatic rings. The van der Waals surface area contributed by atoms with Gasteiger partial charge in [-0.1, -0.05) is 0 Å². The quantitative estimate of drug-likeness (QED) is 0.368. The number of aromatic amines is 1. The Labute approximate surface area is 215 Å². The van der Waals surface area contributed by atoms with Gasteiger partial charge in [-0.2, -0.15) is 18.3 Å². The van der Waals surface area contributed by atoms with Crippen LogP contribution in [0.1, 0.15) is 40.7 Å². The van der Waals surface area contributed by atoms with Crippen LogP contribution in [-0.4, -0.2) is 58.5 Å². The number of aromatic nitrogens is 4. The zero-order valence-electron chi connectivity index (χ0n) is 20.6. The molecule has 5 rings (SSSR count). The van der Waals surface area contributed by atoms with Crippen LogP contribution >= 0.6 is 0 Å². The highest BCUT2D eigenvalue weighted by Gasteiger charge is 2.32. The molecule has 198 valence electrons. The number of alkyl halides is 3. The molecular weight excluding hydrogens is 503 g/mol. The lowest BCUT2D eigenvalue weighted by atomic mass is 9.97. The van der Waals surface area contributed by atoms with E-state index in [2.05, 4.69) is 20.4 Å². The Morgan fingerprint density at radius 1 is 1.08 bits per heavy atom. The Balaban J connectivity index is 1.30. The summed E-state index contributed by atoms with van der Waals surface area (Å²) in [6, 6.07) is 11.5. The fourth-order valence-electron chi connectivity index (χ4n) is 4.44. The summed E-state index contributed by atoms with van der Waals surface area (Å²) in [4.78, 5) is 15.0. The minimum atomic E-state index is -4.42. The summed E-state index contributed by atoms with van der Waals surface area (Å²) < 4.78 is 55.0. The Morgan fingerprint density at radius 2 is 1.87 bits per heavy atom. The van der Waals surface area contributed by atoms with Crippen molar-refractivity contribution < 1.29 is 31.9 Å². The summed E-state index contributed by atoms with van der Waals surface area (Å²) >= 11 is 0. The van der Waals surface area contributed by atoms with Gasteiger partial charge in [0.1, 0.15) is 17.2 Å². The number of amides is 1. The topological polar surface area (TPSA) is 106 Å². The first-order valence-electron chi connectivity index (χ1n) is 11.8. The fraction of sp³-hybridized carbons (Fsp3) is 0.308. The van der Waals surface area contributed by atoms with Crippen molar-refractivity contribution in [3.05, 3.63) is 65.7 Å². The number of methoxy groups -OCH3 is 2. The van der Waals surface area contributed by atoms with Crippen molar-refractivity contribution in [1.82, 2.24) is 25.3 Å². The van der Waals surface area contributed by atoms with Gasteiger partial charge in [-0.05, 0) is 61.4 Å². The molecule has 0 spiro atoms. The Morgan fingerprint density at radius 3 is 2.58 bits per heavy atom. The third-order valence-corrected chi connectivity index (χ3v) is 6.45. The van der Waals surface area contributed by atoms with Crippen LogP contribution in [0.3, 0.4) is 0 Å². The molecule has 9 nitrogen and oxygen atoms in total.